The van der Waals surface area contributed by atoms with Gasteiger partial charge in [0.25, 0.3) is 5.78 Å². The molecule has 2 aliphatic rings. The fourth-order valence-corrected chi connectivity index (χ4v) is 4.21. The van der Waals surface area contributed by atoms with Crippen molar-refractivity contribution in [3.05, 3.63) is 75.2 Å². The molecule has 25 heavy (non-hydrogen) atoms. The lowest BCUT2D eigenvalue weighted by Gasteiger charge is -2.26. The first kappa shape index (κ1) is 14.7. The maximum atomic E-state index is 13.1. The first-order valence-corrected chi connectivity index (χ1v) is 8.91. The Morgan fingerprint density at radius 3 is 2.76 bits per heavy atom. The van der Waals surface area contributed by atoms with Crippen LogP contribution in [0.2, 0.25) is 5.02 Å². The molecule has 5 nitrogen and oxygen atoms in total. The Hall–Kier alpha value is -2.57. The Labute approximate surface area is 151 Å². The number of hydrogen-bond acceptors (Lipinski definition) is 5. The molecule has 2 atom stereocenters. The van der Waals surface area contributed by atoms with Gasteiger partial charge in [-0.25, -0.2) is 0 Å². The average molecular weight is 371 g/mol. The molecular weight excluding hydrogens is 360 g/mol. The molecule has 2 aliphatic heterocycles. The Morgan fingerprint density at radius 2 is 2.04 bits per heavy atom. The van der Waals surface area contributed by atoms with Crippen LogP contribution in [0.4, 0.5) is 0 Å². The molecular formula is C18H11ClN2O3S. The highest BCUT2D eigenvalue weighted by Crippen LogP contribution is 2.49. The van der Waals surface area contributed by atoms with Crippen LogP contribution in [-0.4, -0.2) is 22.3 Å². The monoisotopic (exact) mass is 370 g/mol. The number of rotatable bonds is 2. The first-order chi connectivity index (χ1) is 12.2. The number of carbonyl (C=O) groups is 1. The highest BCUT2D eigenvalue weighted by Gasteiger charge is 2.63. The van der Waals surface area contributed by atoms with E-state index in [0.29, 0.717) is 21.4 Å². The van der Waals surface area contributed by atoms with Gasteiger partial charge in [-0.15, -0.1) is 11.3 Å². The van der Waals surface area contributed by atoms with Crippen LogP contribution in [0.15, 0.2) is 59.2 Å². The average Bonchev–Trinajstić information content (AvgIpc) is 3.37. The molecule has 4 heterocycles. The van der Waals surface area contributed by atoms with E-state index in [9.17, 15) is 4.79 Å². The molecule has 1 N–H and O–H groups in total. The van der Waals surface area contributed by atoms with Crippen molar-refractivity contribution >= 4 is 34.4 Å². The van der Waals surface area contributed by atoms with Crippen LogP contribution in [0.25, 0.3) is 0 Å². The predicted octanol–water partition coefficient (Wildman–Crippen LogP) is 4.22. The van der Waals surface area contributed by atoms with E-state index >= 15 is 0 Å². The minimum atomic E-state index is -1.50. The summed E-state index contributed by atoms with van der Waals surface area (Å²) in [5.41, 5.74) is 2.25. The van der Waals surface area contributed by atoms with Gasteiger partial charge in [-0.05, 0) is 35.7 Å². The third-order valence-electron chi connectivity index (χ3n) is 4.42. The topological polar surface area (TPSA) is 63.7 Å². The van der Waals surface area contributed by atoms with Crippen LogP contribution < -0.4 is 4.74 Å². The number of benzene rings is 1. The maximum Gasteiger partial charge on any atom is 0.354 e. The van der Waals surface area contributed by atoms with Crippen molar-refractivity contribution in [1.82, 2.24) is 4.98 Å². The van der Waals surface area contributed by atoms with E-state index in [-0.39, 0.29) is 5.78 Å². The molecule has 3 aromatic rings. The Morgan fingerprint density at radius 1 is 1.20 bits per heavy atom. The molecule has 0 bridgehead atoms. The molecule has 1 aromatic carbocycles. The van der Waals surface area contributed by atoms with E-state index in [0.717, 1.165) is 11.3 Å². The highest BCUT2D eigenvalue weighted by molar-refractivity contribution is 7.12. The lowest BCUT2D eigenvalue weighted by atomic mass is 9.85. The van der Waals surface area contributed by atoms with Gasteiger partial charge in [-0.2, -0.15) is 0 Å². The Kier molecular flexibility index (Phi) is 3.07. The van der Waals surface area contributed by atoms with Gasteiger partial charge in [0, 0.05) is 22.5 Å². The van der Waals surface area contributed by atoms with E-state index < -0.39 is 11.7 Å². The number of Topliss-reactive ketones (excluding diaryl/α,β-unsaturated/α-hetero) is 1. The standard InChI is InChI=1S/C18H11ClN2O3S/c19-11-5-3-10(4-6-11)15-14(12-2-1-8-20-12)18(24-21-15)17(22)16-13(23-18)7-9-25-16/h1-9,14,20H. The molecule has 124 valence electrons. The fourth-order valence-electron chi connectivity index (χ4n) is 3.28. The zero-order chi connectivity index (χ0) is 17.0. The van der Waals surface area contributed by atoms with Gasteiger partial charge in [0.05, 0.1) is 0 Å². The third-order valence-corrected chi connectivity index (χ3v) is 5.57. The van der Waals surface area contributed by atoms with Crippen LogP contribution in [0.5, 0.6) is 5.75 Å². The molecule has 0 fully saturated rings. The summed E-state index contributed by atoms with van der Waals surface area (Å²) in [4.78, 5) is 22.5. The fraction of sp³-hybridized carbons (Fsp3) is 0.111. The number of H-pyrrole nitrogens is 1. The van der Waals surface area contributed by atoms with Crippen molar-refractivity contribution in [2.45, 2.75) is 11.7 Å². The molecule has 5 rings (SSSR count). The molecule has 0 saturated heterocycles. The van der Waals surface area contributed by atoms with Crippen LogP contribution in [-0.2, 0) is 4.84 Å². The van der Waals surface area contributed by atoms with E-state index in [1.807, 2.05) is 29.6 Å². The largest absolute Gasteiger partial charge is 0.442 e. The van der Waals surface area contributed by atoms with Crippen molar-refractivity contribution in [3.63, 3.8) is 0 Å². The smallest absolute Gasteiger partial charge is 0.354 e. The minimum Gasteiger partial charge on any atom is -0.442 e. The summed E-state index contributed by atoms with van der Waals surface area (Å²) < 4.78 is 6.00. The highest BCUT2D eigenvalue weighted by atomic mass is 35.5. The second kappa shape index (κ2) is 5.21. The molecule has 2 unspecified atom stereocenters. The number of nitrogens with one attached hydrogen (secondary N) is 1. The van der Waals surface area contributed by atoms with E-state index in [1.165, 1.54) is 11.3 Å². The number of fused-ring (bicyclic) bond motifs is 1. The van der Waals surface area contributed by atoms with E-state index in [4.69, 9.17) is 21.2 Å². The number of halogens is 1. The van der Waals surface area contributed by atoms with Gasteiger partial charge in [0.2, 0.25) is 0 Å². The maximum absolute atomic E-state index is 13.1. The summed E-state index contributed by atoms with van der Waals surface area (Å²) >= 11 is 7.34. The summed E-state index contributed by atoms with van der Waals surface area (Å²) in [6, 6.07) is 12.8. The van der Waals surface area contributed by atoms with E-state index in [2.05, 4.69) is 10.1 Å². The van der Waals surface area contributed by atoms with Crippen molar-refractivity contribution in [3.8, 4) is 5.75 Å². The van der Waals surface area contributed by atoms with Crippen molar-refractivity contribution in [2.75, 3.05) is 0 Å². The zero-order valence-electron chi connectivity index (χ0n) is 12.7. The summed E-state index contributed by atoms with van der Waals surface area (Å²) in [6.07, 6.45) is 1.80. The Bertz CT molecular complexity index is 994. The quantitative estimate of drug-likeness (QED) is 0.734. The summed E-state index contributed by atoms with van der Waals surface area (Å²) in [6.45, 7) is 0. The number of hydrogen-bond donors (Lipinski definition) is 1. The normalized spacial score (nSPS) is 24.1. The van der Waals surface area contributed by atoms with Gasteiger partial charge in [-0.3, -0.25) is 4.79 Å². The second-order valence-electron chi connectivity index (χ2n) is 5.85. The number of thiophene rings is 1. The molecule has 0 radical (unpaired) electrons. The third kappa shape index (κ3) is 2.01. The van der Waals surface area contributed by atoms with Crippen molar-refractivity contribution < 1.29 is 14.4 Å². The van der Waals surface area contributed by atoms with Gasteiger partial charge in [0.1, 0.15) is 22.3 Å². The number of ketones is 1. The molecule has 0 amide bonds. The van der Waals surface area contributed by atoms with Crippen LogP contribution in [0.3, 0.4) is 0 Å². The molecule has 7 heteroatoms. The lowest BCUT2D eigenvalue weighted by Crippen LogP contribution is -2.47. The van der Waals surface area contributed by atoms with Gasteiger partial charge in [0.15, 0.2) is 0 Å². The summed E-state index contributed by atoms with van der Waals surface area (Å²) in [7, 11) is 0. The number of ether oxygens (including phenoxy) is 1. The number of nitrogens with zero attached hydrogens (tertiary/aromatic N) is 1. The van der Waals surface area contributed by atoms with E-state index in [1.54, 1.807) is 24.4 Å². The summed E-state index contributed by atoms with van der Waals surface area (Å²) in [5.74, 6) is -1.66. The SMILES string of the molecule is O=C1c2sccc2OC12ON=C(c1ccc(Cl)cc1)C2c1ccc[nH]1. The first-order valence-electron chi connectivity index (χ1n) is 7.65. The second-order valence-corrected chi connectivity index (χ2v) is 7.20. The van der Waals surface area contributed by atoms with Crippen LogP contribution in [0, 0.1) is 0 Å². The zero-order valence-corrected chi connectivity index (χ0v) is 14.3. The van der Waals surface area contributed by atoms with Crippen LogP contribution in [0.1, 0.15) is 26.8 Å². The molecule has 0 saturated carbocycles. The number of aromatic amines is 1. The van der Waals surface area contributed by atoms with Gasteiger partial charge in [-0.1, -0.05) is 28.9 Å². The Balaban J connectivity index is 1.64. The van der Waals surface area contributed by atoms with Crippen molar-refractivity contribution in [2.24, 2.45) is 5.16 Å². The predicted molar refractivity (Wildman–Crippen MR) is 94.6 cm³/mol. The molecule has 1 spiro atoms. The summed E-state index contributed by atoms with van der Waals surface area (Å²) in [5, 5.41) is 6.69. The van der Waals surface area contributed by atoms with Gasteiger partial charge >= 0.3 is 5.79 Å². The number of carbonyl (C=O) groups excluding carboxylic acids is 1. The lowest BCUT2D eigenvalue weighted by molar-refractivity contribution is -0.128. The van der Waals surface area contributed by atoms with Crippen LogP contribution >= 0.6 is 22.9 Å². The van der Waals surface area contributed by atoms with Crippen molar-refractivity contribution in [1.29, 1.82) is 0 Å². The molecule has 2 aromatic heterocycles. The number of aromatic nitrogens is 1. The molecule has 0 aliphatic carbocycles. The minimum absolute atomic E-state index is 0.204. The number of oxime groups is 1. The van der Waals surface area contributed by atoms with Gasteiger partial charge < -0.3 is 14.6 Å².